The van der Waals surface area contributed by atoms with Gasteiger partial charge < -0.3 is 15.0 Å². The molecule has 1 amide bonds. The number of ether oxygens (including phenoxy) is 1. The molecule has 4 aromatic rings. The van der Waals surface area contributed by atoms with E-state index in [0.29, 0.717) is 28.1 Å². The summed E-state index contributed by atoms with van der Waals surface area (Å²) < 4.78 is 6.97. The molecule has 0 radical (unpaired) electrons. The van der Waals surface area contributed by atoms with Crippen molar-refractivity contribution in [3.63, 3.8) is 0 Å². The van der Waals surface area contributed by atoms with Crippen molar-refractivity contribution in [1.82, 2.24) is 14.8 Å². The molecule has 1 N–H and O–H groups in total. The first kappa shape index (κ1) is 29.1. The van der Waals surface area contributed by atoms with Gasteiger partial charge in [-0.2, -0.15) is 0 Å². The maximum absolute atomic E-state index is 13.0. The Labute approximate surface area is 243 Å². The number of anilines is 2. The molecule has 2 aromatic carbocycles. The minimum atomic E-state index is -0.498. The topological polar surface area (TPSA) is 89.3 Å². The van der Waals surface area contributed by atoms with Crippen LogP contribution in [0, 0.1) is 6.92 Å². The zero-order chi connectivity index (χ0) is 28.6. The number of benzene rings is 2. The molecule has 0 saturated carbocycles. The number of allylic oxidation sites excluding steroid dienone is 1. The van der Waals surface area contributed by atoms with Crippen molar-refractivity contribution in [2.75, 3.05) is 36.2 Å². The zero-order valence-corrected chi connectivity index (χ0v) is 24.8. The van der Waals surface area contributed by atoms with Gasteiger partial charge in [0.25, 0.3) is 0 Å². The maximum atomic E-state index is 13.0. The van der Waals surface area contributed by atoms with Crippen LogP contribution in [0.5, 0.6) is 0 Å². The lowest BCUT2D eigenvalue weighted by atomic mass is 10.0. The van der Waals surface area contributed by atoms with E-state index in [1.165, 1.54) is 30.2 Å². The van der Waals surface area contributed by atoms with Crippen LogP contribution in [0.4, 0.5) is 10.7 Å². The number of methoxy groups -OCH3 is 1. The fourth-order valence-corrected chi connectivity index (χ4v) is 6.03. The van der Waals surface area contributed by atoms with Crippen LogP contribution in [0.1, 0.15) is 29.8 Å². The van der Waals surface area contributed by atoms with Gasteiger partial charge in [0.15, 0.2) is 11.0 Å². The number of nitrogens with zero attached hydrogens (tertiary/aromatic N) is 4. The second-order valence-electron chi connectivity index (χ2n) is 8.97. The van der Waals surface area contributed by atoms with Crippen molar-refractivity contribution in [3.8, 4) is 22.5 Å². The normalized spacial score (nSPS) is 10.8. The van der Waals surface area contributed by atoms with Crippen molar-refractivity contribution in [1.29, 1.82) is 0 Å². The number of aryl methyl sites for hydroxylation is 1. The summed E-state index contributed by atoms with van der Waals surface area (Å²) in [6.45, 7) is 12.5. The lowest BCUT2D eigenvalue weighted by molar-refractivity contribution is -0.113. The average Bonchev–Trinajstić information content (AvgIpc) is 3.57. The molecule has 40 heavy (non-hydrogen) atoms. The van der Waals surface area contributed by atoms with E-state index in [0.717, 1.165) is 41.0 Å². The maximum Gasteiger partial charge on any atom is 0.341 e. The minimum Gasteiger partial charge on any atom is -0.465 e. The molecule has 0 aliphatic heterocycles. The number of nitrogens with one attached hydrogen (secondary N) is 1. The summed E-state index contributed by atoms with van der Waals surface area (Å²) in [5.41, 5.74) is 5.16. The molecule has 4 rings (SSSR count). The van der Waals surface area contributed by atoms with E-state index in [2.05, 4.69) is 53.0 Å². The minimum absolute atomic E-state index is 0.0918. The number of thiophene rings is 1. The number of carbonyl (C=O) groups is 2. The summed E-state index contributed by atoms with van der Waals surface area (Å²) >= 11 is 2.58. The molecule has 2 heterocycles. The van der Waals surface area contributed by atoms with Gasteiger partial charge in [-0.25, -0.2) is 4.79 Å². The van der Waals surface area contributed by atoms with E-state index >= 15 is 0 Å². The van der Waals surface area contributed by atoms with Crippen molar-refractivity contribution >= 4 is 45.7 Å². The Morgan fingerprint density at radius 3 is 2.38 bits per heavy atom. The summed E-state index contributed by atoms with van der Waals surface area (Å²) in [6.07, 6.45) is 1.78. The van der Waals surface area contributed by atoms with Crippen LogP contribution in [0.3, 0.4) is 0 Å². The van der Waals surface area contributed by atoms with E-state index in [4.69, 9.17) is 4.74 Å². The Hall–Kier alpha value is -3.89. The zero-order valence-electron chi connectivity index (χ0n) is 23.1. The lowest BCUT2D eigenvalue weighted by Crippen LogP contribution is -2.21. The third-order valence-corrected chi connectivity index (χ3v) is 8.27. The summed E-state index contributed by atoms with van der Waals surface area (Å²) in [7, 11) is 1.33. The van der Waals surface area contributed by atoms with Gasteiger partial charge in [0.1, 0.15) is 10.6 Å². The third kappa shape index (κ3) is 6.46. The number of esters is 1. The fraction of sp³-hybridized carbons (Fsp3) is 0.267. The molecule has 2 aromatic heterocycles. The van der Waals surface area contributed by atoms with Crippen LogP contribution in [0.2, 0.25) is 0 Å². The lowest BCUT2D eigenvalue weighted by Gasteiger charge is -2.21. The van der Waals surface area contributed by atoms with Gasteiger partial charge in [-0.1, -0.05) is 47.7 Å². The standard InChI is InChI=1S/C30H33N5O3S2/c1-6-17-35-27(22-13-15-23(16-14-22)34(7-2)8-3)32-33-30(35)40-19-25(36)31-28-26(29(37)38-5)24(18-39-28)21-11-9-20(4)10-12-21/h6,9-16,18H,1,7-8,17,19H2,2-5H3,(H,31,36). The van der Waals surface area contributed by atoms with Crippen LogP contribution in [-0.2, 0) is 16.1 Å². The van der Waals surface area contributed by atoms with Crippen molar-refractivity contribution in [3.05, 3.63) is 77.7 Å². The smallest absolute Gasteiger partial charge is 0.341 e. The Morgan fingerprint density at radius 2 is 1.75 bits per heavy atom. The van der Waals surface area contributed by atoms with E-state index in [9.17, 15) is 9.59 Å². The highest BCUT2D eigenvalue weighted by Gasteiger charge is 2.23. The molecular weight excluding hydrogens is 542 g/mol. The van der Waals surface area contributed by atoms with Crippen LogP contribution in [0.15, 0.2) is 71.7 Å². The van der Waals surface area contributed by atoms with Crippen LogP contribution in [0.25, 0.3) is 22.5 Å². The summed E-state index contributed by atoms with van der Waals surface area (Å²) in [4.78, 5) is 27.9. The van der Waals surface area contributed by atoms with Crippen LogP contribution < -0.4 is 10.2 Å². The number of rotatable bonds is 12. The largest absolute Gasteiger partial charge is 0.465 e. The number of aromatic nitrogens is 3. The van der Waals surface area contributed by atoms with Crippen molar-refractivity contribution in [2.24, 2.45) is 0 Å². The molecule has 0 spiro atoms. The van der Waals surface area contributed by atoms with E-state index in [-0.39, 0.29) is 11.7 Å². The Bertz CT molecular complexity index is 1470. The highest BCUT2D eigenvalue weighted by atomic mass is 32.2. The quantitative estimate of drug-likeness (QED) is 0.117. The molecule has 0 fully saturated rings. The Kier molecular flexibility index (Phi) is 9.79. The van der Waals surface area contributed by atoms with Gasteiger partial charge in [0, 0.05) is 41.8 Å². The van der Waals surface area contributed by atoms with Gasteiger partial charge >= 0.3 is 5.97 Å². The van der Waals surface area contributed by atoms with Crippen molar-refractivity contribution < 1.29 is 14.3 Å². The number of hydrogen-bond acceptors (Lipinski definition) is 8. The molecule has 8 nitrogen and oxygen atoms in total. The molecule has 0 atom stereocenters. The van der Waals surface area contributed by atoms with Crippen molar-refractivity contribution in [2.45, 2.75) is 32.5 Å². The highest BCUT2D eigenvalue weighted by molar-refractivity contribution is 7.99. The second-order valence-corrected chi connectivity index (χ2v) is 10.8. The van der Waals surface area contributed by atoms with Gasteiger partial charge in [-0.3, -0.25) is 9.36 Å². The van der Waals surface area contributed by atoms with E-state index in [1.54, 1.807) is 6.08 Å². The molecule has 10 heteroatoms. The molecule has 0 unspecified atom stereocenters. The Morgan fingerprint density at radius 1 is 1.07 bits per heavy atom. The summed E-state index contributed by atoms with van der Waals surface area (Å²) in [5, 5.41) is 14.6. The molecular formula is C30H33N5O3S2. The van der Waals surface area contributed by atoms with Gasteiger partial charge in [-0.05, 0) is 50.6 Å². The van der Waals surface area contributed by atoms with Gasteiger partial charge in [-0.15, -0.1) is 28.1 Å². The highest BCUT2D eigenvalue weighted by Crippen LogP contribution is 2.36. The molecule has 0 bridgehead atoms. The first-order valence-corrected chi connectivity index (χ1v) is 14.9. The number of amides is 1. The van der Waals surface area contributed by atoms with Crippen LogP contribution in [-0.4, -0.2) is 52.6 Å². The Balaban J connectivity index is 1.50. The molecule has 0 aliphatic rings. The molecule has 0 saturated heterocycles. The third-order valence-electron chi connectivity index (χ3n) is 6.41. The summed E-state index contributed by atoms with van der Waals surface area (Å²) in [5.74, 6) is 0.0462. The summed E-state index contributed by atoms with van der Waals surface area (Å²) in [6, 6.07) is 16.1. The fourth-order valence-electron chi connectivity index (χ4n) is 4.31. The molecule has 208 valence electrons. The van der Waals surface area contributed by atoms with Gasteiger partial charge in [0.05, 0.1) is 12.9 Å². The van der Waals surface area contributed by atoms with Gasteiger partial charge in [0.2, 0.25) is 5.91 Å². The first-order valence-electron chi connectivity index (χ1n) is 13.0. The first-order chi connectivity index (χ1) is 19.4. The predicted molar refractivity (Wildman–Crippen MR) is 164 cm³/mol. The number of hydrogen-bond donors (Lipinski definition) is 1. The second kappa shape index (κ2) is 13.5. The molecule has 0 aliphatic carbocycles. The number of thioether (sulfide) groups is 1. The number of carbonyl (C=O) groups excluding carboxylic acids is 2. The predicted octanol–water partition coefficient (Wildman–Crippen LogP) is 6.53. The monoisotopic (exact) mass is 575 g/mol. The van der Waals surface area contributed by atoms with E-state index in [1.807, 2.05) is 53.3 Å². The average molecular weight is 576 g/mol. The van der Waals surface area contributed by atoms with E-state index < -0.39 is 5.97 Å². The SMILES string of the molecule is C=CCn1c(SCC(=O)Nc2scc(-c3ccc(C)cc3)c2C(=O)OC)nnc1-c1ccc(N(CC)CC)cc1. The van der Waals surface area contributed by atoms with Crippen LogP contribution >= 0.6 is 23.1 Å².